The molecule has 2 aromatic rings. The van der Waals surface area contributed by atoms with Gasteiger partial charge in [0.2, 0.25) is 0 Å². The van der Waals surface area contributed by atoms with Crippen LogP contribution in [0.4, 0.5) is 0 Å². The highest BCUT2D eigenvalue weighted by Gasteiger charge is 2.23. The van der Waals surface area contributed by atoms with Crippen LogP contribution >= 0.6 is 22.7 Å². The number of carbonyl (C=O) groups excluding carboxylic acids is 1. The first kappa shape index (κ1) is 13.4. The van der Waals surface area contributed by atoms with Crippen LogP contribution in [0.5, 0.6) is 11.5 Å². The number of thiazole rings is 1. The number of thiophene rings is 1. The molecule has 1 amide bonds. The first-order valence-corrected chi connectivity index (χ1v) is 8.06. The van der Waals surface area contributed by atoms with Gasteiger partial charge in [-0.2, -0.15) is 0 Å². The second kappa shape index (κ2) is 5.80. The minimum absolute atomic E-state index is 0.107. The van der Waals surface area contributed by atoms with Crippen LogP contribution in [0.15, 0.2) is 10.9 Å². The Morgan fingerprint density at radius 2 is 2.25 bits per heavy atom. The van der Waals surface area contributed by atoms with Gasteiger partial charge in [0.05, 0.1) is 11.2 Å². The monoisotopic (exact) mass is 310 g/mol. The lowest BCUT2D eigenvalue weighted by Crippen LogP contribution is -2.26. The highest BCUT2D eigenvalue weighted by Crippen LogP contribution is 2.39. The van der Waals surface area contributed by atoms with Gasteiger partial charge in [-0.1, -0.05) is 0 Å². The number of aryl methyl sites for hydroxylation is 1. The maximum Gasteiger partial charge on any atom is 0.265 e. The van der Waals surface area contributed by atoms with Crippen molar-refractivity contribution in [2.45, 2.75) is 13.3 Å². The zero-order valence-corrected chi connectivity index (χ0v) is 12.6. The second-order valence-corrected chi connectivity index (χ2v) is 6.14. The Hall–Kier alpha value is -1.60. The highest BCUT2D eigenvalue weighted by molar-refractivity contribution is 7.12. The van der Waals surface area contributed by atoms with Crippen molar-refractivity contribution in [1.29, 1.82) is 0 Å². The molecule has 0 fully saturated rings. The summed E-state index contributed by atoms with van der Waals surface area (Å²) in [6, 6.07) is 0. The van der Waals surface area contributed by atoms with Crippen molar-refractivity contribution in [3.05, 3.63) is 26.3 Å². The third-order valence-corrected chi connectivity index (χ3v) is 4.92. The van der Waals surface area contributed by atoms with E-state index >= 15 is 0 Å². The molecule has 3 heterocycles. The van der Waals surface area contributed by atoms with Gasteiger partial charge >= 0.3 is 0 Å². The van der Waals surface area contributed by atoms with Gasteiger partial charge in [0.15, 0.2) is 11.5 Å². The van der Waals surface area contributed by atoms with Crippen LogP contribution in [0.25, 0.3) is 0 Å². The Bertz CT molecular complexity index is 621. The van der Waals surface area contributed by atoms with E-state index in [0.29, 0.717) is 36.1 Å². The maximum absolute atomic E-state index is 12.1. The quantitative estimate of drug-likeness (QED) is 0.941. The minimum atomic E-state index is -0.107. The van der Waals surface area contributed by atoms with Crippen molar-refractivity contribution in [2.75, 3.05) is 19.8 Å². The van der Waals surface area contributed by atoms with E-state index in [1.165, 1.54) is 16.2 Å². The predicted octanol–water partition coefficient (Wildman–Crippen LogP) is 2.26. The van der Waals surface area contributed by atoms with E-state index < -0.39 is 0 Å². The number of aromatic nitrogens is 1. The molecular formula is C13H14N2O3S2. The molecule has 0 bridgehead atoms. The summed E-state index contributed by atoms with van der Waals surface area (Å²) in [4.78, 5) is 18.1. The summed E-state index contributed by atoms with van der Waals surface area (Å²) in [6.07, 6.45) is 0.799. The molecule has 0 atom stereocenters. The van der Waals surface area contributed by atoms with Crippen LogP contribution in [0.2, 0.25) is 0 Å². The average molecular weight is 310 g/mol. The van der Waals surface area contributed by atoms with Crippen LogP contribution in [0.3, 0.4) is 0 Å². The summed E-state index contributed by atoms with van der Waals surface area (Å²) in [7, 11) is 0. The first-order chi connectivity index (χ1) is 9.75. The van der Waals surface area contributed by atoms with Gasteiger partial charge < -0.3 is 14.8 Å². The van der Waals surface area contributed by atoms with E-state index in [1.807, 2.05) is 17.8 Å². The van der Waals surface area contributed by atoms with Gasteiger partial charge in [-0.05, 0) is 6.92 Å². The fraction of sp³-hybridized carbons (Fsp3) is 0.385. The summed E-state index contributed by atoms with van der Waals surface area (Å²) < 4.78 is 10.9. The molecule has 0 aliphatic carbocycles. The molecule has 0 radical (unpaired) electrons. The highest BCUT2D eigenvalue weighted by atomic mass is 32.1. The van der Waals surface area contributed by atoms with Crippen molar-refractivity contribution in [2.24, 2.45) is 0 Å². The molecule has 1 N–H and O–H groups in total. The molecule has 5 nitrogen and oxygen atoms in total. The number of rotatable bonds is 4. The molecule has 0 spiro atoms. The summed E-state index contributed by atoms with van der Waals surface area (Å²) in [6.45, 7) is 3.60. The zero-order chi connectivity index (χ0) is 13.9. The number of nitrogens with zero attached hydrogens (tertiary/aromatic N) is 1. The lowest BCUT2D eigenvalue weighted by atomic mass is 10.3. The Kier molecular flexibility index (Phi) is 3.88. The Labute approximate surface area is 124 Å². The Morgan fingerprint density at radius 3 is 3.05 bits per heavy atom. The molecule has 0 saturated heterocycles. The molecule has 20 heavy (non-hydrogen) atoms. The first-order valence-electron chi connectivity index (χ1n) is 6.30. The molecule has 2 aromatic heterocycles. The summed E-state index contributed by atoms with van der Waals surface area (Å²) in [5.41, 5.74) is 2.86. The molecule has 7 heteroatoms. The molecule has 0 aromatic carbocycles. The van der Waals surface area contributed by atoms with E-state index in [0.717, 1.165) is 12.1 Å². The van der Waals surface area contributed by atoms with Gasteiger partial charge in [0, 0.05) is 23.2 Å². The zero-order valence-electron chi connectivity index (χ0n) is 11.0. The number of fused-ring (bicyclic) bond motifs is 1. The SMILES string of the molecule is Cc1ncsc1CCNC(=O)c1scc2c1OCCO2. The fourth-order valence-electron chi connectivity index (χ4n) is 1.96. The normalized spacial score (nSPS) is 13.2. The van der Waals surface area contributed by atoms with Gasteiger partial charge in [-0.3, -0.25) is 4.79 Å². The van der Waals surface area contributed by atoms with Crippen LogP contribution in [-0.4, -0.2) is 30.6 Å². The number of nitrogens with one attached hydrogen (secondary N) is 1. The standard InChI is InChI=1S/C13H14N2O3S2/c1-8-10(20-7-15-8)2-3-14-13(16)12-11-9(6-19-12)17-4-5-18-11/h6-7H,2-5H2,1H3,(H,14,16). The molecule has 1 aliphatic rings. The molecule has 3 rings (SSSR count). The predicted molar refractivity (Wildman–Crippen MR) is 78.2 cm³/mol. The number of ether oxygens (including phenoxy) is 2. The fourth-order valence-corrected chi connectivity index (χ4v) is 3.58. The Balaban J connectivity index is 1.59. The van der Waals surface area contributed by atoms with Crippen molar-refractivity contribution in [3.8, 4) is 11.5 Å². The number of hydrogen-bond acceptors (Lipinski definition) is 6. The van der Waals surface area contributed by atoms with Crippen molar-refractivity contribution in [1.82, 2.24) is 10.3 Å². The lowest BCUT2D eigenvalue weighted by Gasteiger charge is -2.15. The third kappa shape index (κ3) is 2.64. The van der Waals surface area contributed by atoms with Crippen LogP contribution in [0.1, 0.15) is 20.2 Å². The molecular weight excluding hydrogens is 296 g/mol. The lowest BCUT2D eigenvalue weighted by molar-refractivity contribution is 0.0949. The summed E-state index contributed by atoms with van der Waals surface area (Å²) >= 11 is 2.97. The van der Waals surface area contributed by atoms with Crippen molar-refractivity contribution >= 4 is 28.6 Å². The molecule has 106 valence electrons. The van der Waals surface area contributed by atoms with E-state index in [4.69, 9.17) is 9.47 Å². The number of amides is 1. The number of carbonyl (C=O) groups is 1. The average Bonchev–Trinajstić information content (AvgIpc) is 3.05. The van der Waals surface area contributed by atoms with Gasteiger partial charge in [0.1, 0.15) is 18.1 Å². The Morgan fingerprint density at radius 1 is 1.40 bits per heavy atom. The molecule has 0 unspecified atom stereocenters. The molecule has 0 saturated carbocycles. The van der Waals surface area contributed by atoms with E-state index in [2.05, 4.69) is 10.3 Å². The number of hydrogen-bond donors (Lipinski definition) is 1. The van der Waals surface area contributed by atoms with Crippen molar-refractivity contribution in [3.63, 3.8) is 0 Å². The second-order valence-electron chi connectivity index (χ2n) is 4.32. The largest absolute Gasteiger partial charge is 0.485 e. The van der Waals surface area contributed by atoms with E-state index in [1.54, 1.807) is 11.3 Å². The van der Waals surface area contributed by atoms with Gasteiger partial charge in [-0.25, -0.2) is 4.98 Å². The topological polar surface area (TPSA) is 60.5 Å². The maximum atomic E-state index is 12.1. The van der Waals surface area contributed by atoms with Gasteiger partial charge in [-0.15, -0.1) is 22.7 Å². The van der Waals surface area contributed by atoms with E-state index in [-0.39, 0.29) is 5.91 Å². The van der Waals surface area contributed by atoms with Crippen LogP contribution < -0.4 is 14.8 Å². The van der Waals surface area contributed by atoms with Gasteiger partial charge in [0.25, 0.3) is 5.91 Å². The van der Waals surface area contributed by atoms with Crippen LogP contribution in [0, 0.1) is 6.92 Å². The van der Waals surface area contributed by atoms with Crippen molar-refractivity contribution < 1.29 is 14.3 Å². The summed E-state index contributed by atoms with van der Waals surface area (Å²) in [5.74, 6) is 1.14. The third-order valence-electron chi connectivity index (χ3n) is 2.99. The minimum Gasteiger partial charge on any atom is -0.485 e. The summed E-state index contributed by atoms with van der Waals surface area (Å²) in [5, 5.41) is 4.73. The smallest absolute Gasteiger partial charge is 0.265 e. The molecule has 1 aliphatic heterocycles. The van der Waals surface area contributed by atoms with Crippen LogP contribution in [-0.2, 0) is 6.42 Å². The van der Waals surface area contributed by atoms with E-state index in [9.17, 15) is 4.79 Å².